The van der Waals surface area contributed by atoms with E-state index in [0.717, 1.165) is 0 Å². The van der Waals surface area contributed by atoms with Gasteiger partial charge in [-0.2, -0.15) is 0 Å². The molecule has 0 spiro atoms. The molecule has 10 rings (SSSR count). The average Bonchev–Trinajstić information content (AvgIpc) is 3.29. The number of para-hydroxylation sites is 2. The second kappa shape index (κ2) is 9.55. The molecule has 4 aliphatic heterocycles. The van der Waals surface area contributed by atoms with E-state index < -0.39 is 0 Å². The van der Waals surface area contributed by atoms with Crippen LogP contribution in [0, 0.1) is 13.8 Å². The van der Waals surface area contributed by atoms with E-state index in [0.29, 0.717) is 0 Å². The fourth-order valence-electron chi connectivity index (χ4n) is 11.3. The molecule has 2 unspecified atom stereocenters. The molecule has 3 heteroatoms. The summed E-state index contributed by atoms with van der Waals surface area (Å²) in [6, 6.07) is 33.6. The van der Waals surface area contributed by atoms with Gasteiger partial charge in [0, 0.05) is 39.0 Å². The van der Waals surface area contributed by atoms with Gasteiger partial charge in [0.2, 0.25) is 0 Å². The third-order valence-corrected chi connectivity index (χ3v) is 14.2. The molecule has 0 N–H and O–H groups in total. The zero-order chi connectivity index (χ0) is 34.7. The largest absolute Gasteiger partial charge is 0.400 e. The van der Waals surface area contributed by atoms with Gasteiger partial charge >= 0.3 is 6.85 Å². The maximum atomic E-state index is 2.98. The topological polar surface area (TPSA) is 6.48 Å². The molecule has 1 saturated carbocycles. The molecular weight excluding hydrogens is 603 g/mol. The van der Waals surface area contributed by atoms with Crippen LogP contribution >= 0.6 is 0 Å². The second-order valence-corrected chi connectivity index (χ2v) is 18.2. The lowest BCUT2D eigenvalue weighted by molar-refractivity contribution is 0.199. The smallest absolute Gasteiger partial charge is 0.328 e. The Balaban J connectivity index is 1.41. The van der Waals surface area contributed by atoms with Gasteiger partial charge < -0.3 is 9.71 Å². The van der Waals surface area contributed by atoms with Gasteiger partial charge in [-0.3, -0.25) is 0 Å². The van der Waals surface area contributed by atoms with Crippen LogP contribution in [-0.2, 0) is 16.2 Å². The minimum Gasteiger partial charge on any atom is -0.400 e. The summed E-state index contributed by atoms with van der Waals surface area (Å²) >= 11 is 0. The lowest BCUT2D eigenvalue weighted by Crippen LogP contribution is -2.71. The van der Waals surface area contributed by atoms with Crippen LogP contribution in [0.1, 0.15) is 108 Å². The van der Waals surface area contributed by atoms with Gasteiger partial charge in [0.25, 0.3) is 0 Å². The van der Waals surface area contributed by atoms with E-state index in [-0.39, 0.29) is 28.6 Å². The van der Waals surface area contributed by atoms with Crippen molar-refractivity contribution in [3.8, 4) is 22.3 Å². The first-order chi connectivity index (χ1) is 23.8. The molecule has 5 aromatic carbocycles. The highest BCUT2D eigenvalue weighted by atomic mass is 15.2. The summed E-state index contributed by atoms with van der Waals surface area (Å²) in [4.78, 5) is 5.66. The third kappa shape index (κ3) is 3.52. The molecule has 0 amide bonds. The fraction of sp³-hybridized carbons (Fsp3) is 0.362. The van der Waals surface area contributed by atoms with E-state index in [4.69, 9.17) is 0 Å². The SMILES string of the molecule is Cc1cccc(C)c1-c1cc2c3c(c1)N1c4ccccc4C(C)(C)c4cccc(c41)B3N1c3c-2cc(C(C)(C)C)cc3C2(C)CCCCC12C. The first kappa shape index (κ1) is 30.6. The summed E-state index contributed by atoms with van der Waals surface area (Å²) in [6.07, 6.45) is 5.04. The zero-order valence-corrected chi connectivity index (χ0v) is 31.4. The Morgan fingerprint density at radius 2 is 1.36 bits per heavy atom. The molecule has 5 aliphatic rings. The van der Waals surface area contributed by atoms with Crippen LogP contribution in [0.15, 0.2) is 84.9 Å². The Morgan fingerprint density at radius 3 is 2.12 bits per heavy atom. The molecular formula is C47H49BN2. The lowest BCUT2D eigenvalue weighted by atomic mass is 9.41. The highest BCUT2D eigenvalue weighted by Crippen LogP contribution is 2.64. The van der Waals surface area contributed by atoms with Crippen molar-refractivity contribution >= 4 is 40.5 Å². The van der Waals surface area contributed by atoms with E-state index in [1.165, 1.54) is 109 Å². The second-order valence-electron chi connectivity index (χ2n) is 18.2. The quantitative estimate of drug-likeness (QED) is 0.166. The van der Waals surface area contributed by atoms with E-state index in [2.05, 4.69) is 157 Å². The summed E-state index contributed by atoms with van der Waals surface area (Å²) < 4.78 is 0. The van der Waals surface area contributed by atoms with Gasteiger partial charge in [-0.25, -0.2) is 0 Å². The van der Waals surface area contributed by atoms with Crippen molar-refractivity contribution in [1.29, 1.82) is 0 Å². The Labute approximate surface area is 299 Å². The molecule has 5 aromatic rings. The Morgan fingerprint density at radius 1 is 0.660 bits per heavy atom. The lowest BCUT2D eigenvalue weighted by Gasteiger charge is -2.56. The Bertz CT molecular complexity index is 2300. The van der Waals surface area contributed by atoms with Crippen LogP contribution in [0.25, 0.3) is 22.3 Å². The highest BCUT2D eigenvalue weighted by Gasteiger charge is 2.63. The van der Waals surface area contributed by atoms with Crippen LogP contribution in [0.4, 0.5) is 22.7 Å². The molecule has 250 valence electrons. The first-order valence-electron chi connectivity index (χ1n) is 19.0. The van der Waals surface area contributed by atoms with E-state index in [1.54, 1.807) is 5.56 Å². The van der Waals surface area contributed by atoms with Crippen LogP contribution < -0.4 is 20.6 Å². The molecule has 4 heterocycles. The average molecular weight is 653 g/mol. The monoisotopic (exact) mass is 652 g/mol. The zero-order valence-electron chi connectivity index (χ0n) is 31.4. The van der Waals surface area contributed by atoms with Crippen LogP contribution in [0.3, 0.4) is 0 Å². The number of nitrogens with zero attached hydrogens (tertiary/aromatic N) is 2. The van der Waals surface area contributed by atoms with Gasteiger partial charge in [0.05, 0.1) is 5.69 Å². The van der Waals surface area contributed by atoms with Crippen molar-refractivity contribution in [2.24, 2.45) is 0 Å². The summed E-state index contributed by atoms with van der Waals surface area (Å²) in [6.45, 7) is 22.0. The maximum absolute atomic E-state index is 2.98. The number of anilines is 4. The van der Waals surface area contributed by atoms with E-state index in [1.807, 2.05) is 0 Å². The summed E-state index contributed by atoms with van der Waals surface area (Å²) in [5.41, 5.74) is 22.7. The number of hydrogen-bond acceptors (Lipinski definition) is 2. The highest BCUT2D eigenvalue weighted by molar-refractivity contribution is 6.93. The van der Waals surface area contributed by atoms with Crippen molar-refractivity contribution in [1.82, 2.24) is 0 Å². The minimum absolute atomic E-state index is 0.0106. The first-order valence-corrected chi connectivity index (χ1v) is 19.0. The third-order valence-electron chi connectivity index (χ3n) is 14.2. The summed E-state index contributed by atoms with van der Waals surface area (Å²) in [5, 5.41) is 0. The molecule has 0 bridgehead atoms. The molecule has 50 heavy (non-hydrogen) atoms. The summed E-state index contributed by atoms with van der Waals surface area (Å²) in [5.74, 6) is 0. The number of rotatable bonds is 1. The van der Waals surface area contributed by atoms with Crippen molar-refractivity contribution in [3.05, 3.63) is 118 Å². The maximum Gasteiger partial charge on any atom is 0.328 e. The number of aryl methyl sites for hydroxylation is 2. The predicted octanol–water partition coefficient (Wildman–Crippen LogP) is 10.9. The molecule has 1 aliphatic carbocycles. The van der Waals surface area contributed by atoms with Crippen LogP contribution in [-0.4, -0.2) is 12.4 Å². The molecule has 2 nitrogen and oxygen atoms in total. The Kier molecular flexibility index (Phi) is 5.84. The molecule has 0 radical (unpaired) electrons. The van der Waals surface area contributed by atoms with Gasteiger partial charge in [-0.15, -0.1) is 0 Å². The van der Waals surface area contributed by atoms with E-state index in [9.17, 15) is 0 Å². The summed E-state index contributed by atoms with van der Waals surface area (Å²) in [7, 11) is 0. The van der Waals surface area contributed by atoms with Crippen molar-refractivity contribution in [3.63, 3.8) is 0 Å². The van der Waals surface area contributed by atoms with Gasteiger partial charge in [0.1, 0.15) is 0 Å². The number of hydrogen-bond donors (Lipinski definition) is 0. The van der Waals surface area contributed by atoms with Gasteiger partial charge in [-0.1, -0.05) is 115 Å². The Hall–Kier alpha value is -4.24. The fourth-order valence-corrected chi connectivity index (χ4v) is 11.3. The molecule has 1 fully saturated rings. The number of fused-ring (bicyclic) bond motifs is 9. The van der Waals surface area contributed by atoms with Gasteiger partial charge in [-0.05, 0) is 124 Å². The van der Waals surface area contributed by atoms with Crippen molar-refractivity contribution < 1.29 is 0 Å². The normalized spacial score (nSPS) is 23.2. The molecule has 2 atom stereocenters. The minimum atomic E-state index is -0.114. The van der Waals surface area contributed by atoms with Gasteiger partial charge in [0.15, 0.2) is 0 Å². The molecule has 0 saturated heterocycles. The van der Waals surface area contributed by atoms with Crippen LogP contribution in [0.5, 0.6) is 0 Å². The van der Waals surface area contributed by atoms with Crippen LogP contribution in [0.2, 0.25) is 0 Å². The number of benzene rings is 5. The van der Waals surface area contributed by atoms with E-state index >= 15 is 0 Å². The van der Waals surface area contributed by atoms with Crippen molar-refractivity contribution in [2.75, 3.05) is 9.71 Å². The predicted molar refractivity (Wildman–Crippen MR) is 214 cm³/mol. The van der Waals surface area contributed by atoms with Crippen molar-refractivity contribution in [2.45, 2.75) is 110 Å². The standard InChI is InChI=1S/C47H49BN2/c1-28-16-14-17-29(2)40(28)30-24-32-33-26-31(44(3,4)5)27-36-42(33)50(47(9)23-13-12-22-46(36,47)8)48-37-20-15-19-35-43(37)49(39(25-30)41(32)48)38-21-11-10-18-34(38)45(35,6)7/h10-11,14-21,24-27H,12-13,22-23H2,1-9H3. The molecule has 0 aromatic heterocycles.